The predicted molar refractivity (Wildman–Crippen MR) is 136 cm³/mol. The van der Waals surface area contributed by atoms with Crippen LogP contribution >= 0.6 is 0 Å². The van der Waals surface area contributed by atoms with Gasteiger partial charge in [-0.25, -0.2) is 18.1 Å². The number of hydrogen-bond donors (Lipinski definition) is 0. The van der Waals surface area contributed by atoms with Crippen LogP contribution < -0.4 is 14.5 Å². The fourth-order valence-corrected chi connectivity index (χ4v) is 5.34. The van der Waals surface area contributed by atoms with Gasteiger partial charge >= 0.3 is 16.9 Å². The summed E-state index contributed by atoms with van der Waals surface area (Å²) in [5.41, 5.74) is 1.13. The lowest BCUT2D eigenvalue weighted by molar-refractivity contribution is -0.832. The number of sulfone groups is 1. The van der Waals surface area contributed by atoms with E-state index in [-0.39, 0.29) is 28.4 Å². The molecule has 1 aromatic heterocycles. The van der Waals surface area contributed by atoms with Crippen molar-refractivity contribution < 1.29 is 41.8 Å². The number of nitrogens with zero attached hydrogens (tertiary/aromatic N) is 3. The number of aromatic nitrogens is 2. The van der Waals surface area contributed by atoms with Crippen LogP contribution in [0.4, 0.5) is 5.69 Å². The van der Waals surface area contributed by atoms with Gasteiger partial charge in [0.15, 0.2) is 0 Å². The Hall–Kier alpha value is -5.04. The first-order valence-electron chi connectivity index (χ1n) is 12.0. The molecule has 0 saturated heterocycles. The van der Waals surface area contributed by atoms with E-state index in [4.69, 9.17) is 9.47 Å². The number of ether oxygens (including phenoxy) is 2. The Bertz CT molecular complexity index is 1670. The summed E-state index contributed by atoms with van der Waals surface area (Å²) >= 11 is 0. The minimum atomic E-state index is -4.26. The number of carbonyl (C=O) groups is 3. The highest BCUT2D eigenvalue weighted by Gasteiger charge is 2.37. The van der Waals surface area contributed by atoms with Crippen LogP contribution in [0.1, 0.15) is 44.4 Å². The van der Waals surface area contributed by atoms with E-state index in [1.54, 1.807) is 37.3 Å². The second kappa shape index (κ2) is 10.6. The molecule has 0 bridgehead atoms. The summed E-state index contributed by atoms with van der Waals surface area (Å²) in [5.74, 6) is -2.06. The molecule has 0 fully saturated rings. The fourth-order valence-electron chi connectivity index (χ4n) is 4.04. The maximum atomic E-state index is 12.8. The van der Waals surface area contributed by atoms with Crippen molar-refractivity contribution in [3.63, 3.8) is 0 Å². The Balaban J connectivity index is 1.18. The predicted octanol–water partition coefficient (Wildman–Crippen LogP) is 2.96. The molecule has 13 heteroatoms. The van der Waals surface area contributed by atoms with E-state index in [0.29, 0.717) is 16.8 Å². The smallest absolute Gasteiger partial charge is 0.414 e. The van der Waals surface area contributed by atoms with Crippen LogP contribution in [0.3, 0.4) is 0 Å². The summed E-state index contributed by atoms with van der Waals surface area (Å²) in [5, 5.41) is 14.6. The van der Waals surface area contributed by atoms with Gasteiger partial charge in [0.25, 0.3) is 21.7 Å². The van der Waals surface area contributed by atoms with Gasteiger partial charge < -0.3 is 14.7 Å². The van der Waals surface area contributed by atoms with Crippen molar-refractivity contribution in [2.75, 3.05) is 11.5 Å². The van der Waals surface area contributed by atoms with Gasteiger partial charge in [-0.2, -0.15) is 0 Å². The van der Waals surface area contributed by atoms with Crippen LogP contribution in [0, 0.1) is 5.21 Å². The molecule has 12 nitrogen and oxygen atoms in total. The van der Waals surface area contributed by atoms with Gasteiger partial charge in [0.05, 0.1) is 39.0 Å². The zero-order chi connectivity index (χ0) is 28.4. The summed E-state index contributed by atoms with van der Waals surface area (Å²) < 4.78 is 40.9. The minimum Gasteiger partial charge on any atom is -0.459 e. The largest absolute Gasteiger partial charge is 0.459 e. The molecular weight excluding hydrogens is 542 g/mol. The second-order valence-electron chi connectivity index (χ2n) is 8.75. The standard InChI is InChI=1S/C27H21N3O9S/c1-17(15-16-37-23-26(30(34)39-28-23)40(35,36)20-7-3-2-4-8-20)38-27(33)18-11-13-19(14-12-18)29-24(31)21-9-5-6-10-22(21)25(29)32/h2-14,17H,15-16H2,1H3. The van der Waals surface area contributed by atoms with E-state index >= 15 is 0 Å². The Kier molecular flexibility index (Phi) is 7.05. The van der Waals surface area contributed by atoms with Gasteiger partial charge in [-0.15, -0.1) is 0 Å². The molecule has 1 unspecified atom stereocenters. The molecule has 2 heterocycles. The molecule has 0 spiro atoms. The molecule has 0 radical (unpaired) electrons. The van der Waals surface area contributed by atoms with E-state index in [9.17, 15) is 28.0 Å². The highest BCUT2D eigenvalue weighted by atomic mass is 32.2. The van der Waals surface area contributed by atoms with Crippen molar-refractivity contribution in [3.05, 3.63) is 101 Å². The van der Waals surface area contributed by atoms with Crippen LogP contribution in [-0.4, -0.2) is 44.1 Å². The third-order valence-electron chi connectivity index (χ3n) is 6.08. The Morgan fingerprint density at radius 3 is 2.20 bits per heavy atom. The molecule has 204 valence electrons. The van der Waals surface area contributed by atoms with Gasteiger partial charge in [-0.1, -0.05) is 30.3 Å². The van der Waals surface area contributed by atoms with Crippen molar-refractivity contribution in [1.82, 2.24) is 5.16 Å². The van der Waals surface area contributed by atoms with E-state index in [0.717, 1.165) is 4.90 Å². The van der Waals surface area contributed by atoms with Gasteiger partial charge in [0, 0.05) is 6.42 Å². The lowest BCUT2D eigenvalue weighted by atomic mass is 10.1. The Morgan fingerprint density at radius 2 is 1.57 bits per heavy atom. The van der Waals surface area contributed by atoms with E-state index in [1.807, 2.05) is 0 Å². The molecular formula is C27H21N3O9S. The molecule has 1 aliphatic heterocycles. The van der Waals surface area contributed by atoms with Crippen LogP contribution in [0.5, 0.6) is 5.88 Å². The first-order chi connectivity index (χ1) is 19.2. The quantitative estimate of drug-likeness (QED) is 0.168. The van der Waals surface area contributed by atoms with Crippen LogP contribution in [0.15, 0.2) is 93.4 Å². The molecule has 2 amide bonds. The van der Waals surface area contributed by atoms with E-state index < -0.39 is 44.6 Å². The SMILES string of the molecule is CC(CCOc1no[n+]([O-])c1S(=O)(=O)c1ccccc1)OC(=O)c1ccc(N2C(=O)c3ccccc3C2=O)cc1. The van der Waals surface area contributed by atoms with Gasteiger partial charge in [0.2, 0.25) is 0 Å². The third-order valence-corrected chi connectivity index (χ3v) is 7.81. The average molecular weight is 564 g/mol. The summed E-state index contributed by atoms with van der Waals surface area (Å²) in [4.78, 5) is 38.6. The minimum absolute atomic E-state index is 0.134. The molecule has 0 N–H and O–H groups in total. The van der Waals surface area contributed by atoms with Crippen molar-refractivity contribution in [1.29, 1.82) is 0 Å². The number of rotatable bonds is 9. The lowest BCUT2D eigenvalue weighted by Crippen LogP contribution is -2.31. The van der Waals surface area contributed by atoms with Crippen molar-refractivity contribution in [3.8, 4) is 5.88 Å². The first-order valence-corrected chi connectivity index (χ1v) is 13.5. The van der Waals surface area contributed by atoms with Gasteiger partial charge in [-0.05, 0) is 60.4 Å². The zero-order valence-corrected chi connectivity index (χ0v) is 21.7. The maximum Gasteiger partial charge on any atom is 0.414 e. The number of benzene rings is 3. The molecule has 0 aliphatic carbocycles. The number of carbonyl (C=O) groups excluding carboxylic acids is 3. The summed E-state index contributed by atoms with van der Waals surface area (Å²) in [6.45, 7) is 1.46. The summed E-state index contributed by atoms with van der Waals surface area (Å²) in [6, 6.07) is 19.6. The average Bonchev–Trinajstić information content (AvgIpc) is 3.45. The molecule has 1 atom stereocenters. The van der Waals surface area contributed by atoms with Crippen LogP contribution in [0.25, 0.3) is 0 Å². The maximum absolute atomic E-state index is 12.8. The number of hydrogen-bond acceptors (Lipinski definition) is 10. The molecule has 4 aromatic rings. The normalized spacial score (nSPS) is 13.7. The molecule has 3 aromatic carbocycles. The fraction of sp³-hybridized carbons (Fsp3) is 0.148. The van der Waals surface area contributed by atoms with Crippen LogP contribution in [-0.2, 0) is 14.6 Å². The van der Waals surface area contributed by atoms with Crippen molar-refractivity contribution in [2.24, 2.45) is 0 Å². The van der Waals surface area contributed by atoms with Crippen LogP contribution in [0.2, 0.25) is 0 Å². The number of anilines is 1. The van der Waals surface area contributed by atoms with E-state index in [1.165, 1.54) is 48.5 Å². The molecule has 0 saturated carbocycles. The third kappa shape index (κ3) is 4.89. The number of imide groups is 1. The number of fused-ring (bicyclic) bond motifs is 1. The molecule has 40 heavy (non-hydrogen) atoms. The second-order valence-corrected chi connectivity index (χ2v) is 10.6. The topological polar surface area (TPSA) is 160 Å². The molecule has 5 rings (SSSR count). The zero-order valence-electron chi connectivity index (χ0n) is 20.9. The Labute approximate surface area is 227 Å². The number of amides is 2. The van der Waals surface area contributed by atoms with E-state index in [2.05, 4.69) is 9.79 Å². The highest BCUT2D eigenvalue weighted by molar-refractivity contribution is 7.91. The first kappa shape index (κ1) is 26.6. The summed E-state index contributed by atoms with van der Waals surface area (Å²) in [6.07, 6.45) is -0.529. The molecule has 1 aliphatic rings. The monoisotopic (exact) mass is 563 g/mol. The summed E-state index contributed by atoms with van der Waals surface area (Å²) in [7, 11) is -4.26. The van der Waals surface area contributed by atoms with Crippen molar-refractivity contribution >= 4 is 33.3 Å². The van der Waals surface area contributed by atoms with Gasteiger partial charge in [-0.3, -0.25) is 14.2 Å². The Morgan fingerprint density at radius 1 is 0.975 bits per heavy atom. The van der Waals surface area contributed by atoms with Crippen molar-refractivity contribution in [2.45, 2.75) is 29.4 Å². The lowest BCUT2D eigenvalue weighted by Gasteiger charge is -2.15. The highest BCUT2D eigenvalue weighted by Crippen LogP contribution is 2.29. The number of esters is 1. The van der Waals surface area contributed by atoms with Gasteiger partial charge in [0.1, 0.15) is 6.10 Å².